The lowest BCUT2D eigenvalue weighted by Crippen LogP contribution is -2.23. The third-order valence-corrected chi connectivity index (χ3v) is 5.32. The van der Waals surface area contributed by atoms with E-state index in [-0.39, 0.29) is 17.1 Å². The number of hydrogen-bond acceptors (Lipinski definition) is 4. The lowest BCUT2D eigenvalue weighted by molar-refractivity contribution is -0.138. The van der Waals surface area contributed by atoms with Gasteiger partial charge < -0.3 is 20.7 Å². The molecule has 0 aliphatic carbocycles. The van der Waals surface area contributed by atoms with Gasteiger partial charge in [0.15, 0.2) is 6.61 Å². The van der Waals surface area contributed by atoms with E-state index in [1.807, 2.05) is 0 Å². The molecule has 0 unspecified atom stereocenters. The Kier molecular flexibility index (Phi) is 9.00. The summed E-state index contributed by atoms with van der Waals surface area (Å²) in [6, 6.07) is 11.3. The van der Waals surface area contributed by atoms with E-state index in [1.165, 1.54) is 30.3 Å². The summed E-state index contributed by atoms with van der Waals surface area (Å²) < 4.78 is 84.4. The van der Waals surface area contributed by atoms with E-state index >= 15 is 0 Å². The first kappa shape index (κ1) is 28.9. The van der Waals surface area contributed by atoms with Crippen LogP contribution in [-0.2, 0) is 21.9 Å². The molecule has 0 aliphatic rings. The Bertz CT molecular complexity index is 1320. The fourth-order valence-electron chi connectivity index (χ4n) is 3.05. The number of carbonyl (C=O) groups excluding carboxylic acids is 2. The van der Waals surface area contributed by atoms with Gasteiger partial charge in [-0.1, -0.05) is 23.2 Å². The summed E-state index contributed by atoms with van der Waals surface area (Å²) in [4.78, 5) is 24.5. The van der Waals surface area contributed by atoms with Crippen LogP contribution in [0.15, 0.2) is 60.7 Å². The fourth-order valence-corrected chi connectivity index (χ4v) is 3.40. The molecule has 0 fully saturated rings. The summed E-state index contributed by atoms with van der Waals surface area (Å²) in [5.74, 6) is -1.34. The summed E-state index contributed by atoms with van der Waals surface area (Å²) in [6.07, 6.45) is -9.54. The molecule has 3 aromatic carbocycles. The van der Waals surface area contributed by atoms with Crippen LogP contribution in [-0.4, -0.2) is 25.0 Å². The Morgan fingerprint density at radius 3 is 1.92 bits per heavy atom. The second-order valence-corrected chi connectivity index (χ2v) is 8.53. The summed E-state index contributed by atoms with van der Waals surface area (Å²) in [5, 5.41) is 6.82. The lowest BCUT2D eigenvalue weighted by atomic mass is 10.1. The van der Waals surface area contributed by atoms with Crippen LogP contribution in [0.5, 0.6) is 5.75 Å². The van der Waals surface area contributed by atoms with Crippen molar-refractivity contribution in [3.63, 3.8) is 0 Å². The molecule has 0 atom stereocenters. The molecule has 0 saturated carbocycles. The van der Waals surface area contributed by atoms with E-state index in [0.29, 0.717) is 29.0 Å². The van der Waals surface area contributed by atoms with Gasteiger partial charge in [0.1, 0.15) is 5.75 Å². The number of ether oxygens (including phenoxy) is 1. The molecule has 0 bridgehead atoms. The number of rotatable bonds is 8. The predicted molar refractivity (Wildman–Crippen MR) is 131 cm³/mol. The molecule has 0 saturated heterocycles. The number of hydrogen-bond donors (Lipinski definition) is 3. The standard InChI is InChI=1S/C24H17Cl2F6N3O3/c25-14-1-4-18(5-2-14)38-12-22(37)35-17-8-13(23(27,28)29)7-16(9-17)34-21(36)11-33-15-3-6-20(26)19(10-15)24(30,31)32/h1-10,33H,11-12H2,(H,34,36)(H,35,37). The van der Waals surface area contributed by atoms with E-state index in [1.54, 1.807) is 0 Å². The number of halogens is 8. The molecule has 3 N–H and O–H groups in total. The highest BCUT2D eigenvalue weighted by Crippen LogP contribution is 2.36. The predicted octanol–water partition coefficient (Wildman–Crippen LogP) is 7.10. The van der Waals surface area contributed by atoms with Crippen LogP contribution in [0.2, 0.25) is 10.0 Å². The van der Waals surface area contributed by atoms with Gasteiger partial charge in [-0.15, -0.1) is 0 Å². The van der Waals surface area contributed by atoms with Crippen molar-refractivity contribution in [1.82, 2.24) is 0 Å². The first-order valence-electron chi connectivity index (χ1n) is 10.5. The number of benzene rings is 3. The van der Waals surface area contributed by atoms with Crippen LogP contribution < -0.4 is 20.7 Å². The minimum Gasteiger partial charge on any atom is -0.484 e. The van der Waals surface area contributed by atoms with Crippen LogP contribution >= 0.6 is 23.2 Å². The van der Waals surface area contributed by atoms with E-state index < -0.39 is 53.5 Å². The maximum absolute atomic E-state index is 13.4. The number of carbonyl (C=O) groups is 2. The molecule has 202 valence electrons. The first-order valence-corrected chi connectivity index (χ1v) is 11.3. The molecule has 38 heavy (non-hydrogen) atoms. The van der Waals surface area contributed by atoms with Crippen LogP contribution in [0.4, 0.5) is 43.4 Å². The van der Waals surface area contributed by atoms with Gasteiger partial charge in [-0.05, 0) is 60.7 Å². The first-order chi connectivity index (χ1) is 17.7. The normalized spacial score (nSPS) is 11.6. The van der Waals surface area contributed by atoms with Gasteiger partial charge in [0, 0.05) is 22.1 Å². The molecule has 0 aromatic heterocycles. The SMILES string of the molecule is O=C(CNc1ccc(Cl)c(C(F)(F)F)c1)Nc1cc(NC(=O)COc2ccc(Cl)cc2)cc(C(F)(F)F)c1. The number of alkyl halides is 6. The third-order valence-electron chi connectivity index (χ3n) is 4.74. The second-order valence-electron chi connectivity index (χ2n) is 7.68. The molecular formula is C24H17Cl2F6N3O3. The van der Waals surface area contributed by atoms with Crippen molar-refractivity contribution in [3.8, 4) is 5.75 Å². The van der Waals surface area contributed by atoms with Gasteiger partial charge >= 0.3 is 12.4 Å². The molecule has 3 rings (SSSR count). The highest BCUT2D eigenvalue weighted by atomic mass is 35.5. The van der Waals surface area contributed by atoms with Gasteiger partial charge in [0.2, 0.25) is 5.91 Å². The van der Waals surface area contributed by atoms with Crippen molar-refractivity contribution in [3.05, 3.63) is 81.8 Å². The average Bonchev–Trinajstić information content (AvgIpc) is 2.82. The topological polar surface area (TPSA) is 79.5 Å². The molecular weight excluding hydrogens is 563 g/mol. The quantitative estimate of drug-likeness (QED) is 0.249. The monoisotopic (exact) mass is 579 g/mol. The van der Waals surface area contributed by atoms with Crippen molar-refractivity contribution in [2.45, 2.75) is 12.4 Å². The highest BCUT2D eigenvalue weighted by Gasteiger charge is 2.33. The molecule has 3 aromatic rings. The molecule has 2 amide bonds. The van der Waals surface area contributed by atoms with Crippen molar-refractivity contribution >= 4 is 52.1 Å². The van der Waals surface area contributed by atoms with Crippen molar-refractivity contribution < 1.29 is 40.7 Å². The van der Waals surface area contributed by atoms with Crippen molar-refractivity contribution in [2.75, 3.05) is 29.1 Å². The maximum Gasteiger partial charge on any atom is 0.417 e. The molecule has 0 radical (unpaired) electrons. The van der Waals surface area contributed by atoms with Crippen LogP contribution in [0.3, 0.4) is 0 Å². The summed E-state index contributed by atoms with van der Waals surface area (Å²) in [5.41, 5.74) is -2.96. The van der Waals surface area contributed by atoms with Crippen molar-refractivity contribution in [2.24, 2.45) is 0 Å². The maximum atomic E-state index is 13.4. The summed E-state index contributed by atoms with van der Waals surface area (Å²) >= 11 is 11.3. The summed E-state index contributed by atoms with van der Waals surface area (Å²) in [6.45, 7) is -1.10. The molecule has 6 nitrogen and oxygen atoms in total. The minimum absolute atomic E-state index is 0.0884. The molecule has 14 heteroatoms. The zero-order chi connectivity index (χ0) is 28.1. The smallest absolute Gasteiger partial charge is 0.417 e. The van der Waals surface area contributed by atoms with Gasteiger partial charge in [0.05, 0.1) is 22.7 Å². The highest BCUT2D eigenvalue weighted by molar-refractivity contribution is 6.31. The van der Waals surface area contributed by atoms with Gasteiger partial charge in [-0.3, -0.25) is 9.59 Å². The van der Waals surface area contributed by atoms with E-state index in [2.05, 4.69) is 16.0 Å². The average molecular weight is 580 g/mol. The summed E-state index contributed by atoms with van der Waals surface area (Å²) in [7, 11) is 0. The second kappa shape index (κ2) is 11.8. The van der Waals surface area contributed by atoms with E-state index in [4.69, 9.17) is 27.9 Å². The van der Waals surface area contributed by atoms with Gasteiger partial charge in [0.25, 0.3) is 5.91 Å². The zero-order valence-corrected chi connectivity index (χ0v) is 20.4. The number of amides is 2. The Morgan fingerprint density at radius 1 is 0.737 bits per heavy atom. The Morgan fingerprint density at radius 2 is 1.34 bits per heavy atom. The van der Waals surface area contributed by atoms with Gasteiger partial charge in [-0.25, -0.2) is 0 Å². The van der Waals surface area contributed by atoms with E-state index in [9.17, 15) is 35.9 Å². The Labute approximate surface area is 221 Å². The number of anilines is 3. The lowest BCUT2D eigenvalue weighted by Gasteiger charge is -2.15. The third kappa shape index (κ3) is 8.45. The molecule has 0 spiro atoms. The number of nitrogens with one attached hydrogen (secondary N) is 3. The van der Waals surface area contributed by atoms with Crippen LogP contribution in [0.1, 0.15) is 11.1 Å². The van der Waals surface area contributed by atoms with E-state index in [0.717, 1.165) is 12.1 Å². The van der Waals surface area contributed by atoms with Crippen LogP contribution in [0.25, 0.3) is 0 Å². The zero-order valence-electron chi connectivity index (χ0n) is 18.9. The van der Waals surface area contributed by atoms with Crippen LogP contribution in [0, 0.1) is 0 Å². The Balaban J connectivity index is 1.67. The molecule has 0 heterocycles. The molecule has 0 aliphatic heterocycles. The minimum atomic E-state index is -4.81. The largest absolute Gasteiger partial charge is 0.484 e. The van der Waals surface area contributed by atoms with Gasteiger partial charge in [-0.2, -0.15) is 26.3 Å². The Hall–Kier alpha value is -3.64. The fraction of sp³-hybridized carbons (Fsp3) is 0.167. The van der Waals surface area contributed by atoms with Crippen molar-refractivity contribution in [1.29, 1.82) is 0 Å².